The lowest BCUT2D eigenvalue weighted by Crippen LogP contribution is -2.07. The van der Waals surface area contributed by atoms with Gasteiger partial charge in [0, 0.05) is 4.88 Å². The van der Waals surface area contributed by atoms with Crippen molar-refractivity contribution in [2.24, 2.45) is 0 Å². The molecule has 1 atom stereocenters. The molecule has 2 nitrogen and oxygen atoms in total. The minimum Gasteiger partial charge on any atom is -0.375 e. The molecule has 0 aliphatic rings. The Labute approximate surface area is 115 Å². The summed E-state index contributed by atoms with van der Waals surface area (Å²) in [5, 5.41) is 4.28. The van der Waals surface area contributed by atoms with Crippen LogP contribution in [0.2, 0.25) is 5.02 Å². The first-order chi connectivity index (χ1) is 8.49. The maximum Gasteiger partial charge on any atom is 0.164 e. The smallest absolute Gasteiger partial charge is 0.164 e. The molecule has 2 aromatic rings. The van der Waals surface area contributed by atoms with Crippen molar-refractivity contribution in [3.63, 3.8) is 0 Å². The van der Waals surface area contributed by atoms with Crippen LogP contribution in [0.5, 0.6) is 0 Å². The van der Waals surface area contributed by atoms with Gasteiger partial charge in [0.2, 0.25) is 0 Å². The van der Waals surface area contributed by atoms with Crippen LogP contribution in [0, 0.1) is 19.7 Å². The van der Waals surface area contributed by atoms with E-state index in [0.29, 0.717) is 5.69 Å². The van der Waals surface area contributed by atoms with Crippen molar-refractivity contribution in [2.45, 2.75) is 26.8 Å². The monoisotopic (exact) mass is 284 g/mol. The van der Waals surface area contributed by atoms with Gasteiger partial charge in [-0.05, 0) is 32.9 Å². The number of halogens is 2. The van der Waals surface area contributed by atoms with Gasteiger partial charge in [-0.2, -0.15) is 0 Å². The zero-order valence-corrected chi connectivity index (χ0v) is 12.0. The highest BCUT2D eigenvalue weighted by molar-refractivity contribution is 7.11. The summed E-state index contributed by atoms with van der Waals surface area (Å²) in [6, 6.07) is 4.95. The molecule has 0 radical (unpaired) electrons. The topological polar surface area (TPSA) is 24.9 Å². The zero-order valence-electron chi connectivity index (χ0n) is 10.4. The Hall–Kier alpha value is -1.13. The number of thiazole rings is 1. The van der Waals surface area contributed by atoms with Crippen molar-refractivity contribution in [1.82, 2.24) is 4.98 Å². The lowest BCUT2D eigenvalue weighted by atomic mass is 10.2. The highest BCUT2D eigenvalue weighted by Gasteiger charge is 2.15. The summed E-state index contributed by atoms with van der Waals surface area (Å²) in [5.41, 5.74) is 1.40. The van der Waals surface area contributed by atoms with Crippen LogP contribution >= 0.6 is 22.9 Å². The molecular weight excluding hydrogens is 271 g/mol. The number of hydrogen-bond acceptors (Lipinski definition) is 3. The Morgan fingerprint density at radius 1 is 1.39 bits per heavy atom. The molecule has 5 heteroatoms. The number of aryl methyl sites for hydroxylation is 2. The summed E-state index contributed by atoms with van der Waals surface area (Å²) in [5.74, 6) is -0.412. The second kappa shape index (κ2) is 5.24. The van der Waals surface area contributed by atoms with Crippen LogP contribution in [0.3, 0.4) is 0 Å². The van der Waals surface area contributed by atoms with Crippen LogP contribution in [0.1, 0.15) is 28.5 Å². The molecule has 1 N–H and O–H groups in total. The number of rotatable bonds is 3. The largest absolute Gasteiger partial charge is 0.375 e. The molecule has 0 bridgehead atoms. The fourth-order valence-corrected chi connectivity index (χ4v) is 2.97. The molecule has 1 aromatic heterocycles. The van der Waals surface area contributed by atoms with Gasteiger partial charge < -0.3 is 5.32 Å². The fourth-order valence-electron chi connectivity index (χ4n) is 1.86. The lowest BCUT2D eigenvalue weighted by Gasteiger charge is -2.15. The van der Waals surface area contributed by atoms with Gasteiger partial charge in [0.25, 0.3) is 0 Å². The maximum absolute atomic E-state index is 13.8. The van der Waals surface area contributed by atoms with Crippen LogP contribution in [-0.4, -0.2) is 4.98 Å². The van der Waals surface area contributed by atoms with Gasteiger partial charge in [0.05, 0.1) is 27.5 Å². The molecule has 2 rings (SSSR count). The molecule has 1 heterocycles. The van der Waals surface area contributed by atoms with Crippen LogP contribution in [0.15, 0.2) is 18.2 Å². The molecule has 0 aliphatic carbocycles. The van der Waals surface area contributed by atoms with Gasteiger partial charge in [-0.1, -0.05) is 17.7 Å². The molecule has 0 amide bonds. The first kappa shape index (κ1) is 13.3. The van der Waals surface area contributed by atoms with Gasteiger partial charge in [0.15, 0.2) is 5.82 Å². The first-order valence-electron chi connectivity index (χ1n) is 5.63. The van der Waals surface area contributed by atoms with E-state index in [1.807, 2.05) is 20.8 Å². The fraction of sp³-hybridized carbons (Fsp3) is 0.308. The molecule has 0 spiro atoms. The average molecular weight is 285 g/mol. The van der Waals surface area contributed by atoms with Crippen molar-refractivity contribution in [3.05, 3.63) is 44.6 Å². The SMILES string of the molecule is Cc1nc(C)c(C(C)Nc2cccc(Cl)c2F)s1. The highest BCUT2D eigenvalue weighted by Crippen LogP contribution is 2.30. The summed E-state index contributed by atoms with van der Waals surface area (Å²) in [6.45, 7) is 5.92. The van der Waals surface area contributed by atoms with E-state index in [1.54, 1.807) is 23.5 Å². The van der Waals surface area contributed by atoms with Crippen LogP contribution in [-0.2, 0) is 0 Å². The molecule has 96 valence electrons. The molecule has 0 saturated heterocycles. The van der Waals surface area contributed by atoms with Gasteiger partial charge in [0.1, 0.15) is 0 Å². The molecule has 1 unspecified atom stereocenters. The summed E-state index contributed by atoms with van der Waals surface area (Å²) < 4.78 is 13.8. The summed E-state index contributed by atoms with van der Waals surface area (Å²) in [4.78, 5) is 5.49. The number of benzene rings is 1. The predicted molar refractivity (Wildman–Crippen MR) is 75.0 cm³/mol. The Morgan fingerprint density at radius 3 is 2.72 bits per heavy atom. The Bertz CT molecular complexity index is 568. The van der Waals surface area contributed by atoms with Gasteiger partial charge in [-0.3, -0.25) is 0 Å². The van der Waals surface area contributed by atoms with Crippen molar-refractivity contribution >= 4 is 28.6 Å². The third-order valence-corrected chi connectivity index (χ3v) is 4.20. The van der Waals surface area contributed by atoms with E-state index in [0.717, 1.165) is 15.6 Å². The zero-order chi connectivity index (χ0) is 13.3. The lowest BCUT2D eigenvalue weighted by molar-refractivity contribution is 0.628. The molecule has 0 aliphatic heterocycles. The second-order valence-electron chi connectivity index (χ2n) is 4.15. The summed E-state index contributed by atoms with van der Waals surface area (Å²) >= 11 is 7.38. The van der Waals surface area contributed by atoms with Crippen molar-refractivity contribution in [3.8, 4) is 0 Å². The summed E-state index contributed by atoms with van der Waals surface area (Å²) in [6.07, 6.45) is 0. The molecule has 0 saturated carbocycles. The van der Waals surface area contributed by atoms with E-state index in [9.17, 15) is 4.39 Å². The molecule has 18 heavy (non-hydrogen) atoms. The second-order valence-corrected chi connectivity index (χ2v) is 5.79. The maximum atomic E-state index is 13.8. The number of aromatic nitrogens is 1. The van der Waals surface area contributed by atoms with E-state index in [1.165, 1.54) is 6.07 Å². The van der Waals surface area contributed by atoms with E-state index < -0.39 is 5.82 Å². The van der Waals surface area contributed by atoms with Crippen molar-refractivity contribution < 1.29 is 4.39 Å². The number of nitrogens with one attached hydrogen (secondary N) is 1. The number of hydrogen-bond donors (Lipinski definition) is 1. The van der Waals surface area contributed by atoms with Gasteiger partial charge in [-0.15, -0.1) is 11.3 Å². The van der Waals surface area contributed by atoms with E-state index in [2.05, 4.69) is 10.3 Å². The number of nitrogens with zero attached hydrogens (tertiary/aromatic N) is 1. The highest BCUT2D eigenvalue weighted by atomic mass is 35.5. The number of anilines is 1. The van der Waals surface area contributed by atoms with Crippen molar-refractivity contribution in [1.29, 1.82) is 0 Å². The molecular formula is C13H14ClFN2S. The third kappa shape index (κ3) is 2.65. The van der Waals surface area contributed by atoms with Gasteiger partial charge >= 0.3 is 0 Å². The first-order valence-corrected chi connectivity index (χ1v) is 6.83. The Morgan fingerprint density at radius 2 is 2.11 bits per heavy atom. The molecule has 1 aromatic carbocycles. The average Bonchev–Trinajstić information content (AvgIpc) is 2.64. The third-order valence-electron chi connectivity index (χ3n) is 2.66. The van der Waals surface area contributed by atoms with Crippen LogP contribution in [0.25, 0.3) is 0 Å². The predicted octanol–water partition coefficient (Wildman–Crippen LogP) is 4.73. The minimum atomic E-state index is -0.412. The standard InChI is InChI=1S/C13H14ClFN2S/c1-7-13(18-9(3)16-7)8(2)17-11-6-4-5-10(14)12(11)15/h4-6,8,17H,1-3H3. The van der Waals surface area contributed by atoms with Crippen molar-refractivity contribution in [2.75, 3.05) is 5.32 Å². The summed E-state index contributed by atoms with van der Waals surface area (Å²) in [7, 11) is 0. The van der Waals surface area contributed by atoms with E-state index in [-0.39, 0.29) is 11.1 Å². The molecule has 0 fully saturated rings. The van der Waals surface area contributed by atoms with Crippen LogP contribution in [0.4, 0.5) is 10.1 Å². The quantitative estimate of drug-likeness (QED) is 0.882. The minimum absolute atomic E-state index is 0.00386. The van der Waals surface area contributed by atoms with Gasteiger partial charge in [-0.25, -0.2) is 9.37 Å². The Balaban J connectivity index is 2.24. The van der Waals surface area contributed by atoms with E-state index in [4.69, 9.17) is 11.6 Å². The van der Waals surface area contributed by atoms with E-state index >= 15 is 0 Å². The van der Waals surface area contributed by atoms with Crippen LogP contribution < -0.4 is 5.32 Å². The normalized spacial score (nSPS) is 12.5. The Kier molecular flexibility index (Phi) is 3.88.